The van der Waals surface area contributed by atoms with Gasteiger partial charge in [-0.1, -0.05) is 26.0 Å². The molecule has 31 heavy (non-hydrogen) atoms. The topological polar surface area (TPSA) is 37.4 Å². The van der Waals surface area contributed by atoms with Gasteiger partial charge in [0.25, 0.3) is 0 Å². The van der Waals surface area contributed by atoms with Gasteiger partial charge in [0, 0.05) is 35.7 Å². The number of carbonyl (C=O) groups excluding carboxylic acids is 2. The minimum Gasteiger partial charge on any atom is -0.294 e. The summed E-state index contributed by atoms with van der Waals surface area (Å²) in [6.45, 7) is 3.87. The van der Waals surface area contributed by atoms with Crippen LogP contribution in [-0.2, 0) is 15.8 Å². The predicted octanol–water partition coefficient (Wildman–Crippen LogP) is 6.01. The van der Waals surface area contributed by atoms with Crippen LogP contribution in [0.1, 0.15) is 50.2 Å². The van der Waals surface area contributed by atoms with E-state index >= 15 is 0 Å². The summed E-state index contributed by atoms with van der Waals surface area (Å²) >= 11 is 0. The second kappa shape index (κ2) is 7.32. The van der Waals surface area contributed by atoms with Crippen molar-refractivity contribution in [1.29, 1.82) is 0 Å². The maximum absolute atomic E-state index is 13.4. The number of ketones is 1. The SMILES string of the molecule is CC1(C)CC(=O)C2=C(C1)N(c1ccc(F)cc1)C(=O)CC2c1ccc(C(F)(F)F)cc1. The lowest BCUT2D eigenvalue weighted by Gasteiger charge is -2.43. The van der Waals surface area contributed by atoms with Crippen LogP contribution in [0.25, 0.3) is 0 Å². The molecule has 0 aromatic heterocycles. The van der Waals surface area contributed by atoms with Crippen molar-refractivity contribution in [2.24, 2.45) is 5.41 Å². The van der Waals surface area contributed by atoms with Crippen LogP contribution in [-0.4, -0.2) is 11.7 Å². The Morgan fingerprint density at radius 2 is 1.55 bits per heavy atom. The Hall–Kier alpha value is -2.96. The zero-order valence-electron chi connectivity index (χ0n) is 17.1. The molecule has 2 aromatic carbocycles. The van der Waals surface area contributed by atoms with E-state index in [4.69, 9.17) is 0 Å². The Morgan fingerprint density at radius 3 is 2.13 bits per heavy atom. The number of hydrogen-bond donors (Lipinski definition) is 0. The quantitative estimate of drug-likeness (QED) is 0.547. The highest BCUT2D eigenvalue weighted by molar-refractivity contribution is 6.07. The molecule has 0 saturated heterocycles. The Morgan fingerprint density at radius 1 is 0.935 bits per heavy atom. The molecule has 0 N–H and O–H groups in total. The maximum Gasteiger partial charge on any atom is 0.416 e. The van der Waals surface area contributed by atoms with Gasteiger partial charge in [0.05, 0.1) is 5.56 Å². The summed E-state index contributed by atoms with van der Waals surface area (Å²) in [5.41, 5.74) is 0.820. The van der Waals surface area contributed by atoms with E-state index in [-0.39, 0.29) is 29.9 Å². The Kier molecular flexibility index (Phi) is 5.03. The van der Waals surface area contributed by atoms with Gasteiger partial charge in [-0.25, -0.2) is 4.39 Å². The van der Waals surface area contributed by atoms with Gasteiger partial charge in [-0.2, -0.15) is 13.2 Å². The summed E-state index contributed by atoms with van der Waals surface area (Å²) in [4.78, 5) is 27.8. The number of halogens is 4. The number of alkyl halides is 3. The number of benzene rings is 2. The first kappa shape index (κ1) is 21.3. The van der Waals surface area contributed by atoms with Crippen LogP contribution in [0, 0.1) is 11.2 Å². The zero-order chi connectivity index (χ0) is 22.6. The van der Waals surface area contributed by atoms with E-state index in [1.807, 2.05) is 13.8 Å². The predicted molar refractivity (Wildman–Crippen MR) is 108 cm³/mol. The molecule has 2 aromatic rings. The van der Waals surface area contributed by atoms with E-state index in [1.165, 1.54) is 41.3 Å². The molecular weight excluding hydrogens is 410 g/mol. The second-order valence-electron chi connectivity index (χ2n) is 8.88. The number of hydrogen-bond acceptors (Lipinski definition) is 2. The highest BCUT2D eigenvalue weighted by Gasteiger charge is 2.44. The van der Waals surface area contributed by atoms with Crippen LogP contribution < -0.4 is 4.90 Å². The summed E-state index contributed by atoms with van der Waals surface area (Å²) in [6.07, 6.45) is -3.77. The normalized spacial score (nSPS) is 21.4. The van der Waals surface area contributed by atoms with Gasteiger partial charge in [0.1, 0.15) is 5.82 Å². The number of Topliss-reactive ketones (excluding diaryl/α,β-unsaturated/α-hetero) is 1. The zero-order valence-corrected chi connectivity index (χ0v) is 17.1. The van der Waals surface area contributed by atoms with E-state index in [2.05, 4.69) is 0 Å². The monoisotopic (exact) mass is 431 g/mol. The van der Waals surface area contributed by atoms with E-state index in [1.54, 1.807) is 0 Å². The minimum atomic E-state index is -4.46. The van der Waals surface area contributed by atoms with Crippen molar-refractivity contribution in [2.45, 2.75) is 45.2 Å². The molecule has 7 heteroatoms. The molecule has 1 amide bonds. The fraction of sp³-hybridized carbons (Fsp3) is 0.333. The lowest BCUT2D eigenvalue weighted by Crippen LogP contribution is -2.43. The second-order valence-corrected chi connectivity index (χ2v) is 8.88. The third-order valence-electron chi connectivity index (χ3n) is 5.87. The number of amides is 1. The third kappa shape index (κ3) is 4.01. The maximum atomic E-state index is 13.4. The van der Waals surface area contributed by atoms with Crippen LogP contribution in [0.2, 0.25) is 0 Å². The first-order valence-electron chi connectivity index (χ1n) is 9.98. The first-order valence-corrected chi connectivity index (χ1v) is 9.98. The summed E-state index contributed by atoms with van der Waals surface area (Å²) in [5.74, 6) is -1.44. The molecule has 0 spiro atoms. The van der Waals surface area contributed by atoms with Crippen molar-refractivity contribution < 1.29 is 27.2 Å². The molecule has 2 aliphatic rings. The Bertz CT molecular complexity index is 1070. The highest BCUT2D eigenvalue weighted by Crippen LogP contribution is 2.48. The summed E-state index contributed by atoms with van der Waals surface area (Å²) in [5, 5.41) is 0. The molecule has 0 fully saturated rings. The van der Waals surface area contributed by atoms with Gasteiger partial charge in [0.15, 0.2) is 5.78 Å². The van der Waals surface area contributed by atoms with Crippen molar-refractivity contribution in [3.05, 3.63) is 76.7 Å². The highest BCUT2D eigenvalue weighted by atomic mass is 19.4. The molecule has 0 radical (unpaired) electrons. The lowest BCUT2D eigenvalue weighted by atomic mass is 9.69. The summed E-state index contributed by atoms with van der Waals surface area (Å²) in [7, 11) is 0. The van der Waals surface area contributed by atoms with Crippen LogP contribution >= 0.6 is 0 Å². The summed E-state index contributed by atoms with van der Waals surface area (Å²) < 4.78 is 52.3. The van der Waals surface area contributed by atoms with E-state index in [0.717, 1.165) is 12.1 Å². The number of rotatable bonds is 2. The largest absolute Gasteiger partial charge is 0.416 e. The fourth-order valence-corrected chi connectivity index (χ4v) is 4.49. The average molecular weight is 431 g/mol. The van der Waals surface area contributed by atoms with Crippen molar-refractivity contribution >= 4 is 17.4 Å². The number of anilines is 1. The molecule has 1 aliphatic carbocycles. The molecule has 0 bridgehead atoms. The molecule has 0 saturated carbocycles. The first-order chi connectivity index (χ1) is 14.5. The average Bonchev–Trinajstić information content (AvgIpc) is 2.67. The van der Waals surface area contributed by atoms with Crippen LogP contribution in [0.3, 0.4) is 0 Å². The van der Waals surface area contributed by atoms with Crippen molar-refractivity contribution in [1.82, 2.24) is 0 Å². The van der Waals surface area contributed by atoms with Gasteiger partial charge in [-0.3, -0.25) is 14.5 Å². The Labute approximate surface area is 177 Å². The molecule has 3 nitrogen and oxygen atoms in total. The summed E-state index contributed by atoms with van der Waals surface area (Å²) in [6, 6.07) is 10.1. The number of carbonyl (C=O) groups is 2. The number of nitrogens with zero attached hydrogens (tertiary/aromatic N) is 1. The van der Waals surface area contributed by atoms with Gasteiger partial charge in [-0.15, -0.1) is 0 Å². The fourth-order valence-electron chi connectivity index (χ4n) is 4.49. The van der Waals surface area contributed by atoms with Crippen molar-refractivity contribution in [3.63, 3.8) is 0 Å². The van der Waals surface area contributed by atoms with E-state index in [9.17, 15) is 27.2 Å². The molecule has 1 heterocycles. The molecular formula is C24H21F4NO2. The molecule has 1 unspecified atom stereocenters. The third-order valence-corrected chi connectivity index (χ3v) is 5.87. The van der Waals surface area contributed by atoms with Crippen LogP contribution in [0.4, 0.5) is 23.2 Å². The Balaban J connectivity index is 1.83. The van der Waals surface area contributed by atoms with E-state index in [0.29, 0.717) is 28.9 Å². The van der Waals surface area contributed by atoms with Gasteiger partial charge in [0.2, 0.25) is 5.91 Å². The molecule has 162 valence electrons. The standard InChI is InChI=1S/C24H21F4NO2/c1-23(2)12-19-22(20(30)13-23)18(14-3-5-15(6-4-14)24(26,27)28)11-21(31)29(19)17-9-7-16(25)8-10-17/h3-10,18H,11-13H2,1-2H3. The van der Waals surface area contributed by atoms with E-state index < -0.39 is 23.5 Å². The van der Waals surface area contributed by atoms with Crippen molar-refractivity contribution in [3.8, 4) is 0 Å². The van der Waals surface area contributed by atoms with Gasteiger partial charge >= 0.3 is 6.18 Å². The lowest BCUT2D eigenvalue weighted by molar-refractivity contribution is -0.137. The van der Waals surface area contributed by atoms with Gasteiger partial charge < -0.3 is 0 Å². The van der Waals surface area contributed by atoms with Crippen LogP contribution in [0.15, 0.2) is 59.8 Å². The van der Waals surface area contributed by atoms with Gasteiger partial charge in [-0.05, 0) is 53.8 Å². The molecule has 4 rings (SSSR count). The van der Waals surface area contributed by atoms with Crippen LogP contribution in [0.5, 0.6) is 0 Å². The smallest absolute Gasteiger partial charge is 0.294 e. The number of allylic oxidation sites excluding steroid dienone is 2. The molecule has 1 aliphatic heterocycles. The minimum absolute atomic E-state index is 0.0479. The van der Waals surface area contributed by atoms with Crippen molar-refractivity contribution in [2.75, 3.05) is 4.90 Å². The molecule has 1 atom stereocenters.